The molecule has 3 rings (SSSR count). The number of ketones is 1. The maximum absolute atomic E-state index is 13.3. The van der Waals surface area contributed by atoms with Crippen LogP contribution in [-0.4, -0.2) is 39.3 Å². The van der Waals surface area contributed by atoms with E-state index in [-0.39, 0.29) is 29.9 Å². The Morgan fingerprint density at radius 3 is 2.23 bits per heavy atom. The molecule has 0 bridgehead atoms. The molecular formula is C23H21ClFNO5. The van der Waals surface area contributed by atoms with Crippen LogP contribution in [0, 0.1) is 5.82 Å². The highest BCUT2D eigenvalue weighted by atomic mass is 35.5. The van der Waals surface area contributed by atoms with Crippen LogP contribution < -0.4 is 0 Å². The first-order chi connectivity index (χ1) is 14.8. The van der Waals surface area contributed by atoms with E-state index in [9.17, 15) is 23.9 Å². The van der Waals surface area contributed by atoms with Gasteiger partial charge in [0.15, 0.2) is 0 Å². The topological polar surface area (TPSA) is 94.9 Å². The molecule has 0 saturated carbocycles. The number of carboxylic acid groups (broad SMARTS) is 1. The first kappa shape index (κ1) is 22.5. The third kappa shape index (κ3) is 5.11. The van der Waals surface area contributed by atoms with Crippen molar-refractivity contribution in [2.45, 2.75) is 31.7 Å². The summed E-state index contributed by atoms with van der Waals surface area (Å²) in [4.78, 5) is 37.7. The van der Waals surface area contributed by atoms with E-state index in [0.717, 1.165) is 12.1 Å². The van der Waals surface area contributed by atoms with Crippen molar-refractivity contribution in [1.82, 2.24) is 4.90 Å². The quantitative estimate of drug-likeness (QED) is 0.269. The van der Waals surface area contributed by atoms with Gasteiger partial charge in [0.2, 0.25) is 0 Å². The number of carboxylic acids is 1. The van der Waals surface area contributed by atoms with Crippen LogP contribution in [0.1, 0.15) is 42.9 Å². The molecule has 8 heteroatoms. The zero-order valence-corrected chi connectivity index (χ0v) is 17.3. The molecule has 0 aromatic heterocycles. The number of nitrogens with zero attached hydrogens (tertiary/aromatic N) is 1. The summed E-state index contributed by atoms with van der Waals surface area (Å²) in [5, 5.41) is 20.1. The van der Waals surface area contributed by atoms with Gasteiger partial charge in [-0.15, -0.1) is 0 Å². The molecule has 2 aromatic rings. The van der Waals surface area contributed by atoms with E-state index in [1.54, 1.807) is 24.3 Å². The van der Waals surface area contributed by atoms with Crippen LogP contribution in [0.5, 0.6) is 0 Å². The smallest absolute Gasteiger partial charge is 0.303 e. The minimum atomic E-state index is -0.888. The van der Waals surface area contributed by atoms with Crippen LogP contribution in [0.2, 0.25) is 5.02 Å². The molecule has 1 heterocycles. The second kappa shape index (κ2) is 9.75. The van der Waals surface area contributed by atoms with Crippen LogP contribution in [0.3, 0.4) is 0 Å². The number of unbranched alkanes of at least 4 members (excludes halogenated alkanes) is 2. The van der Waals surface area contributed by atoms with Gasteiger partial charge in [-0.3, -0.25) is 14.4 Å². The van der Waals surface area contributed by atoms with Crippen LogP contribution in [0.15, 0.2) is 54.1 Å². The minimum Gasteiger partial charge on any atom is -0.507 e. The zero-order valence-electron chi connectivity index (χ0n) is 16.6. The third-order valence-corrected chi connectivity index (χ3v) is 5.38. The van der Waals surface area contributed by atoms with Gasteiger partial charge >= 0.3 is 5.97 Å². The van der Waals surface area contributed by atoms with Crippen LogP contribution in [0.25, 0.3) is 5.76 Å². The number of Topliss-reactive ketones (excluding diaryl/α,β-unsaturated/α-hetero) is 1. The van der Waals surface area contributed by atoms with Crippen molar-refractivity contribution < 1.29 is 29.0 Å². The fourth-order valence-corrected chi connectivity index (χ4v) is 3.73. The first-order valence-electron chi connectivity index (χ1n) is 9.81. The fraction of sp³-hybridized carbons (Fsp3) is 0.261. The van der Waals surface area contributed by atoms with Crippen molar-refractivity contribution in [3.05, 3.63) is 76.1 Å². The molecule has 1 aliphatic heterocycles. The molecule has 1 amide bonds. The lowest BCUT2D eigenvalue weighted by Crippen LogP contribution is -2.30. The summed E-state index contributed by atoms with van der Waals surface area (Å²) >= 11 is 5.97. The molecule has 31 heavy (non-hydrogen) atoms. The van der Waals surface area contributed by atoms with E-state index < -0.39 is 29.5 Å². The molecule has 162 valence electrons. The minimum absolute atomic E-state index is 0.0317. The van der Waals surface area contributed by atoms with Crippen LogP contribution in [0.4, 0.5) is 4.39 Å². The molecule has 1 fully saturated rings. The third-order valence-electron chi connectivity index (χ3n) is 5.13. The van der Waals surface area contributed by atoms with Crippen LogP contribution >= 0.6 is 11.6 Å². The van der Waals surface area contributed by atoms with Gasteiger partial charge in [0.1, 0.15) is 11.6 Å². The van der Waals surface area contributed by atoms with E-state index in [1.807, 2.05) is 0 Å². The number of likely N-dealkylation sites (tertiary alicyclic amines) is 1. The first-order valence-corrected chi connectivity index (χ1v) is 10.2. The zero-order chi connectivity index (χ0) is 22.5. The Labute approximate surface area is 183 Å². The number of rotatable bonds is 8. The predicted molar refractivity (Wildman–Crippen MR) is 113 cm³/mol. The summed E-state index contributed by atoms with van der Waals surface area (Å²) in [5.41, 5.74) is 0.738. The number of hydrogen-bond donors (Lipinski definition) is 2. The van der Waals surface area contributed by atoms with E-state index in [0.29, 0.717) is 29.8 Å². The standard InChI is InChI=1S/C23H21ClFNO5/c24-16-9-5-14(6-10-16)20-19(21(29)15-7-11-17(25)12-8-15)22(30)23(31)26(20)13-3-1-2-4-18(27)28/h5-12,20,29H,1-4,13H2,(H,27,28)/t20-/m1/s1. The SMILES string of the molecule is O=C(O)CCCCCN1C(=O)C(=O)C(=C(O)c2ccc(F)cc2)[C@H]1c1ccc(Cl)cc1. The van der Waals surface area contributed by atoms with E-state index in [1.165, 1.54) is 17.0 Å². The largest absolute Gasteiger partial charge is 0.507 e. The molecule has 0 radical (unpaired) electrons. The molecular weight excluding hydrogens is 425 g/mol. The van der Waals surface area contributed by atoms with Crippen molar-refractivity contribution in [3.63, 3.8) is 0 Å². The second-order valence-corrected chi connectivity index (χ2v) is 7.69. The van der Waals surface area contributed by atoms with Crippen molar-refractivity contribution in [3.8, 4) is 0 Å². The number of carbonyl (C=O) groups is 3. The Morgan fingerprint density at radius 2 is 1.61 bits per heavy atom. The van der Waals surface area contributed by atoms with Gasteiger partial charge in [-0.1, -0.05) is 30.2 Å². The molecule has 0 spiro atoms. The number of carbonyl (C=O) groups excluding carboxylic acids is 2. The molecule has 1 atom stereocenters. The van der Waals surface area contributed by atoms with Crippen molar-refractivity contribution in [2.75, 3.05) is 6.54 Å². The number of aliphatic hydroxyl groups excluding tert-OH is 1. The van der Waals surface area contributed by atoms with Crippen molar-refractivity contribution >= 4 is 35.0 Å². The highest BCUT2D eigenvalue weighted by Crippen LogP contribution is 2.39. The lowest BCUT2D eigenvalue weighted by atomic mass is 9.95. The number of amides is 1. The molecule has 0 unspecified atom stereocenters. The average Bonchev–Trinajstić information content (AvgIpc) is 2.99. The number of halogens is 2. The Morgan fingerprint density at radius 1 is 0.968 bits per heavy atom. The maximum atomic E-state index is 13.3. The molecule has 1 aliphatic rings. The fourth-order valence-electron chi connectivity index (χ4n) is 3.60. The van der Waals surface area contributed by atoms with Gasteiger partial charge in [-0.25, -0.2) is 4.39 Å². The summed E-state index contributed by atoms with van der Waals surface area (Å²) in [6.45, 7) is 0.220. The molecule has 6 nitrogen and oxygen atoms in total. The van der Waals surface area contributed by atoms with Gasteiger partial charge in [-0.2, -0.15) is 0 Å². The summed E-state index contributed by atoms with van der Waals surface area (Å²) in [5.74, 6) is -3.34. The molecule has 2 N–H and O–H groups in total. The Bertz CT molecular complexity index is 1020. The second-order valence-electron chi connectivity index (χ2n) is 7.26. The predicted octanol–water partition coefficient (Wildman–Crippen LogP) is 4.55. The lowest BCUT2D eigenvalue weighted by Gasteiger charge is -2.25. The molecule has 1 saturated heterocycles. The summed E-state index contributed by atoms with van der Waals surface area (Å²) in [6, 6.07) is 10.8. The van der Waals surface area contributed by atoms with Gasteiger partial charge in [0.25, 0.3) is 11.7 Å². The van der Waals surface area contributed by atoms with Gasteiger partial charge in [-0.05, 0) is 54.8 Å². The number of hydrogen-bond acceptors (Lipinski definition) is 4. The van der Waals surface area contributed by atoms with E-state index >= 15 is 0 Å². The number of aliphatic hydroxyl groups is 1. The molecule has 0 aliphatic carbocycles. The number of benzene rings is 2. The summed E-state index contributed by atoms with van der Waals surface area (Å²) in [7, 11) is 0. The highest BCUT2D eigenvalue weighted by Gasteiger charge is 2.45. The Hall–Kier alpha value is -3.19. The highest BCUT2D eigenvalue weighted by molar-refractivity contribution is 6.46. The van der Waals surface area contributed by atoms with Gasteiger partial charge < -0.3 is 15.1 Å². The van der Waals surface area contributed by atoms with Crippen molar-refractivity contribution in [2.24, 2.45) is 0 Å². The monoisotopic (exact) mass is 445 g/mol. The van der Waals surface area contributed by atoms with Crippen LogP contribution in [-0.2, 0) is 14.4 Å². The van der Waals surface area contributed by atoms with Crippen molar-refractivity contribution in [1.29, 1.82) is 0 Å². The van der Waals surface area contributed by atoms with E-state index in [4.69, 9.17) is 16.7 Å². The average molecular weight is 446 g/mol. The normalized spacial score (nSPS) is 17.9. The molecule has 2 aromatic carbocycles. The maximum Gasteiger partial charge on any atom is 0.303 e. The Kier molecular flexibility index (Phi) is 7.07. The number of aliphatic carboxylic acids is 1. The Balaban J connectivity index is 1.96. The summed E-state index contributed by atoms with van der Waals surface area (Å²) < 4.78 is 13.3. The lowest BCUT2D eigenvalue weighted by molar-refractivity contribution is -0.140. The van der Waals surface area contributed by atoms with Gasteiger partial charge in [0, 0.05) is 23.6 Å². The van der Waals surface area contributed by atoms with E-state index in [2.05, 4.69) is 0 Å². The summed E-state index contributed by atoms with van der Waals surface area (Å²) in [6.07, 6.45) is 1.56. The van der Waals surface area contributed by atoms with Gasteiger partial charge in [0.05, 0.1) is 11.6 Å².